The Balaban J connectivity index is 2.29. The van der Waals surface area contributed by atoms with E-state index < -0.39 is 11.9 Å². The zero-order valence-corrected chi connectivity index (χ0v) is 13.9. The molecule has 4 heteroatoms. The lowest BCUT2D eigenvalue weighted by Crippen LogP contribution is -2.05. The molecule has 0 heterocycles. The van der Waals surface area contributed by atoms with Crippen LogP contribution in [0, 0.1) is 19.7 Å². The minimum absolute atomic E-state index is 0.317. The molecule has 2 nitrogen and oxygen atoms in total. The second kappa shape index (κ2) is 6.58. The van der Waals surface area contributed by atoms with Crippen LogP contribution in [0.5, 0.6) is 5.75 Å². The van der Waals surface area contributed by atoms with Crippen molar-refractivity contribution in [3.05, 3.63) is 62.9 Å². The number of hydrogen-bond acceptors (Lipinski definition) is 2. The highest BCUT2D eigenvalue weighted by atomic mass is 79.9. The Morgan fingerprint density at radius 3 is 2.52 bits per heavy atom. The molecular formula is C17H18BrFO2. The zero-order valence-electron chi connectivity index (χ0n) is 12.3. The van der Waals surface area contributed by atoms with Crippen LogP contribution in [0.4, 0.5) is 4.39 Å². The average molecular weight is 353 g/mol. The predicted octanol–water partition coefficient (Wildman–Crippen LogP) is 4.49. The van der Waals surface area contributed by atoms with Crippen molar-refractivity contribution in [2.75, 3.05) is 7.11 Å². The number of benzene rings is 2. The molecule has 0 fully saturated rings. The summed E-state index contributed by atoms with van der Waals surface area (Å²) in [5.41, 5.74) is 4.01. The maximum Gasteiger partial charge on any atom is 0.141 e. The van der Waals surface area contributed by atoms with Crippen molar-refractivity contribution in [2.45, 2.75) is 26.4 Å². The number of halogens is 2. The Bertz CT molecular complexity index is 655. The van der Waals surface area contributed by atoms with Crippen molar-refractivity contribution in [1.82, 2.24) is 0 Å². The number of aliphatic hydroxyl groups is 1. The van der Waals surface area contributed by atoms with Gasteiger partial charge in [-0.2, -0.15) is 0 Å². The van der Waals surface area contributed by atoms with Crippen LogP contribution < -0.4 is 4.74 Å². The molecule has 2 rings (SSSR count). The van der Waals surface area contributed by atoms with Crippen LogP contribution in [-0.2, 0) is 6.42 Å². The largest absolute Gasteiger partial charge is 0.496 e. The number of aryl methyl sites for hydroxylation is 2. The summed E-state index contributed by atoms with van der Waals surface area (Å²) in [4.78, 5) is 0. The smallest absolute Gasteiger partial charge is 0.141 e. The van der Waals surface area contributed by atoms with Crippen LogP contribution in [0.3, 0.4) is 0 Å². The fourth-order valence-electron chi connectivity index (χ4n) is 2.24. The Morgan fingerprint density at radius 2 is 1.90 bits per heavy atom. The van der Waals surface area contributed by atoms with Crippen LogP contribution >= 0.6 is 15.9 Å². The van der Waals surface area contributed by atoms with E-state index in [0.29, 0.717) is 22.2 Å². The maximum atomic E-state index is 13.5. The molecule has 0 aromatic heterocycles. The van der Waals surface area contributed by atoms with Gasteiger partial charge in [0.15, 0.2) is 0 Å². The van der Waals surface area contributed by atoms with Crippen LogP contribution in [-0.4, -0.2) is 12.2 Å². The highest BCUT2D eigenvalue weighted by Crippen LogP contribution is 2.32. The van der Waals surface area contributed by atoms with Gasteiger partial charge >= 0.3 is 0 Å². The van der Waals surface area contributed by atoms with Gasteiger partial charge in [0.25, 0.3) is 0 Å². The highest BCUT2D eigenvalue weighted by Gasteiger charge is 2.17. The molecule has 2 aromatic carbocycles. The van der Waals surface area contributed by atoms with Gasteiger partial charge in [-0.05, 0) is 52.5 Å². The molecular weight excluding hydrogens is 335 g/mol. The van der Waals surface area contributed by atoms with Gasteiger partial charge < -0.3 is 9.84 Å². The molecule has 112 valence electrons. The molecule has 0 aliphatic carbocycles. The number of rotatable bonds is 4. The van der Waals surface area contributed by atoms with E-state index in [1.807, 2.05) is 19.1 Å². The summed E-state index contributed by atoms with van der Waals surface area (Å²) in [5.74, 6) is -0.0546. The van der Waals surface area contributed by atoms with E-state index in [9.17, 15) is 9.50 Å². The van der Waals surface area contributed by atoms with Crippen molar-refractivity contribution in [1.29, 1.82) is 0 Å². The zero-order chi connectivity index (χ0) is 15.6. The number of methoxy groups -OCH3 is 1. The van der Waals surface area contributed by atoms with Gasteiger partial charge in [-0.25, -0.2) is 4.39 Å². The molecule has 2 aromatic rings. The lowest BCUT2D eigenvalue weighted by atomic mass is 9.98. The van der Waals surface area contributed by atoms with Gasteiger partial charge in [-0.3, -0.25) is 0 Å². The van der Waals surface area contributed by atoms with Gasteiger partial charge in [-0.1, -0.05) is 18.2 Å². The van der Waals surface area contributed by atoms with Crippen LogP contribution in [0.1, 0.15) is 28.4 Å². The fourth-order valence-corrected chi connectivity index (χ4v) is 2.61. The normalized spacial score (nSPS) is 12.3. The van der Waals surface area contributed by atoms with E-state index >= 15 is 0 Å². The molecule has 0 saturated heterocycles. The van der Waals surface area contributed by atoms with E-state index in [1.54, 1.807) is 6.07 Å². The molecule has 0 radical (unpaired) electrons. The fraction of sp³-hybridized carbons (Fsp3) is 0.294. The summed E-state index contributed by atoms with van der Waals surface area (Å²) >= 11 is 3.14. The topological polar surface area (TPSA) is 29.5 Å². The molecule has 0 bridgehead atoms. The van der Waals surface area contributed by atoms with Crippen LogP contribution in [0.25, 0.3) is 0 Å². The second-order valence-corrected chi connectivity index (χ2v) is 6.00. The van der Waals surface area contributed by atoms with Crippen molar-refractivity contribution < 1.29 is 14.2 Å². The van der Waals surface area contributed by atoms with Crippen LogP contribution in [0.15, 0.2) is 34.8 Å². The highest BCUT2D eigenvalue weighted by molar-refractivity contribution is 9.10. The predicted molar refractivity (Wildman–Crippen MR) is 85.2 cm³/mol. The minimum Gasteiger partial charge on any atom is -0.496 e. The molecule has 0 aliphatic heterocycles. The van der Waals surface area contributed by atoms with Gasteiger partial charge in [0.2, 0.25) is 0 Å². The minimum atomic E-state index is -0.751. The maximum absolute atomic E-state index is 13.5. The summed E-state index contributed by atoms with van der Waals surface area (Å²) < 4.78 is 19.0. The second-order valence-electron chi connectivity index (χ2n) is 5.15. The van der Waals surface area contributed by atoms with E-state index in [4.69, 9.17) is 4.74 Å². The van der Waals surface area contributed by atoms with Crippen molar-refractivity contribution in [3.8, 4) is 5.75 Å². The van der Waals surface area contributed by atoms with E-state index in [0.717, 1.165) is 5.56 Å². The SMILES string of the molecule is COc1cc(F)c(Br)cc1C(O)Cc1ccc(C)c(C)c1. The summed E-state index contributed by atoms with van der Waals surface area (Å²) in [7, 11) is 1.47. The van der Waals surface area contributed by atoms with Gasteiger partial charge in [0, 0.05) is 18.1 Å². The molecule has 0 amide bonds. The van der Waals surface area contributed by atoms with Crippen molar-refractivity contribution in [2.24, 2.45) is 0 Å². The quantitative estimate of drug-likeness (QED) is 0.878. The van der Waals surface area contributed by atoms with Gasteiger partial charge in [-0.15, -0.1) is 0 Å². The average Bonchev–Trinajstić information content (AvgIpc) is 2.45. The third kappa shape index (κ3) is 3.63. The van der Waals surface area contributed by atoms with Gasteiger partial charge in [0.1, 0.15) is 11.6 Å². The van der Waals surface area contributed by atoms with E-state index in [1.165, 1.54) is 24.3 Å². The molecule has 0 spiro atoms. The van der Waals surface area contributed by atoms with E-state index in [2.05, 4.69) is 28.9 Å². The Morgan fingerprint density at radius 1 is 1.19 bits per heavy atom. The molecule has 0 aliphatic rings. The summed E-state index contributed by atoms with van der Waals surface area (Å²) in [5, 5.41) is 10.4. The molecule has 1 N–H and O–H groups in total. The number of hydrogen-bond donors (Lipinski definition) is 1. The lowest BCUT2D eigenvalue weighted by Gasteiger charge is -2.16. The molecule has 21 heavy (non-hydrogen) atoms. The monoisotopic (exact) mass is 352 g/mol. The lowest BCUT2D eigenvalue weighted by molar-refractivity contribution is 0.173. The Kier molecular flexibility index (Phi) is 5.01. The standard InChI is InChI=1S/C17H18BrFO2/c1-10-4-5-12(6-11(10)2)7-16(20)13-8-14(18)15(19)9-17(13)21-3/h4-6,8-9,16,20H,7H2,1-3H3. The van der Waals surface area contributed by atoms with E-state index in [-0.39, 0.29) is 0 Å². The number of aliphatic hydroxyl groups excluding tert-OH is 1. The Hall–Kier alpha value is -1.39. The molecule has 1 atom stereocenters. The first-order valence-corrected chi connectivity index (χ1v) is 7.48. The summed E-state index contributed by atoms with van der Waals surface area (Å²) in [6, 6.07) is 8.94. The Labute approximate surface area is 132 Å². The first-order chi connectivity index (χ1) is 9.92. The molecule has 1 unspecified atom stereocenters. The van der Waals surface area contributed by atoms with Crippen molar-refractivity contribution in [3.63, 3.8) is 0 Å². The number of ether oxygens (including phenoxy) is 1. The van der Waals surface area contributed by atoms with Crippen molar-refractivity contribution >= 4 is 15.9 Å². The summed E-state index contributed by atoms with van der Waals surface area (Å²) in [6.45, 7) is 4.09. The van der Waals surface area contributed by atoms with Gasteiger partial charge in [0.05, 0.1) is 17.7 Å². The van der Waals surface area contributed by atoms with Crippen LogP contribution in [0.2, 0.25) is 0 Å². The summed E-state index contributed by atoms with van der Waals surface area (Å²) in [6.07, 6.45) is -0.297. The third-order valence-electron chi connectivity index (χ3n) is 3.63. The third-order valence-corrected chi connectivity index (χ3v) is 4.24. The first kappa shape index (κ1) is 16.0. The molecule has 0 saturated carbocycles. The first-order valence-electron chi connectivity index (χ1n) is 6.69.